The van der Waals surface area contributed by atoms with Gasteiger partial charge in [0, 0.05) is 5.56 Å². The summed E-state index contributed by atoms with van der Waals surface area (Å²) in [7, 11) is 0. The highest BCUT2D eigenvalue weighted by atomic mass is 16.1. The highest BCUT2D eigenvalue weighted by Gasteiger charge is 2.13. The van der Waals surface area contributed by atoms with Crippen LogP contribution in [0.15, 0.2) is 36.4 Å². The molecule has 2 rings (SSSR count). The predicted molar refractivity (Wildman–Crippen MR) is 89.9 cm³/mol. The summed E-state index contributed by atoms with van der Waals surface area (Å²) in [6, 6.07) is 12.7. The van der Waals surface area contributed by atoms with E-state index in [-0.39, 0.29) is 5.41 Å². The van der Waals surface area contributed by atoms with E-state index in [1.165, 1.54) is 22.3 Å². The SMILES string of the molecule is Cc1ccc(-c2cc(C=O)cc(CC(C)(C)C)c2)cc1C. The summed E-state index contributed by atoms with van der Waals surface area (Å²) in [5.41, 5.74) is 7.06. The van der Waals surface area contributed by atoms with Crippen molar-refractivity contribution in [1.29, 1.82) is 0 Å². The number of carbonyl (C=O) groups excluding carboxylic acids is 1. The molecule has 0 aliphatic carbocycles. The molecular formula is C20H24O. The zero-order valence-corrected chi connectivity index (χ0v) is 13.7. The summed E-state index contributed by atoms with van der Waals surface area (Å²) in [5.74, 6) is 0. The lowest BCUT2D eigenvalue weighted by molar-refractivity contribution is 0.112. The minimum absolute atomic E-state index is 0.210. The van der Waals surface area contributed by atoms with Gasteiger partial charge in [-0.3, -0.25) is 4.79 Å². The molecule has 0 heterocycles. The Balaban J connectivity index is 2.49. The molecule has 0 aliphatic rings. The summed E-state index contributed by atoms with van der Waals surface area (Å²) in [5, 5.41) is 0. The van der Waals surface area contributed by atoms with Crippen LogP contribution in [0, 0.1) is 19.3 Å². The lowest BCUT2D eigenvalue weighted by atomic mass is 9.86. The van der Waals surface area contributed by atoms with Crippen molar-refractivity contribution in [2.45, 2.75) is 41.0 Å². The average molecular weight is 280 g/mol. The second kappa shape index (κ2) is 5.85. The Kier molecular flexibility index (Phi) is 4.32. The largest absolute Gasteiger partial charge is 0.298 e. The maximum absolute atomic E-state index is 11.2. The lowest BCUT2D eigenvalue weighted by Gasteiger charge is -2.19. The molecule has 110 valence electrons. The van der Waals surface area contributed by atoms with Crippen LogP contribution in [-0.2, 0) is 6.42 Å². The van der Waals surface area contributed by atoms with Crippen LogP contribution in [0.3, 0.4) is 0 Å². The summed E-state index contributed by atoms with van der Waals surface area (Å²) in [4.78, 5) is 11.2. The van der Waals surface area contributed by atoms with Gasteiger partial charge in [0.2, 0.25) is 0 Å². The molecule has 2 aromatic rings. The molecule has 0 aromatic heterocycles. The first-order chi connectivity index (χ1) is 9.78. The van der Waals surface area contributed by atoms with Crippen LogP contribution in [0.2, 0.25) is 0 Å². The van der Waals surface area contributed by atoms with Crippen LogP contribution in [0.1, 0.15) is 47.8 Å². The molecular weight excluding hydrogens is 256 g/mol. The predicted octanol–water partition coefficient (Wildman–Crippen LogP) is 5.37. The number of aldehydes is 1. The van der Waals surface area contributed by atoms with Gasteiger partial charge in [0.05, 0.1) is 0 Å². The number of aryl methyl sites for hydroxylation is 2. The molecule has 0 bridgehead atoms. The van der Waals surface area contributed by atoms with Gasteiger partial charge in [0.1, 0.15) is 6.29 Å². The molecule has 0 spiro atoms. The van der Waals surface area contributed by atoms with Crippen LogP contribution < -0.4 is 0 Å². The fourth-order valence-electron chi connectivity index (χ4n) is 2.59. The van der Waals surface area contributed by atoms with Crippen LogP contribution in [0.5, 0.6) is 0 Å². The third-order valence-corrected chi connectivity index (χ3v) is 3.73. The Bertz CT molecular complexity index is 660. The molecule has 1 heteroatoms. The van der Waals surface area contributed by atoms with Crippen molar-refractivity contribution >= 4 is 6.29 Å². The van der Waals surface area contributed by atoms with E-state index in [0.717, 1.165) is 23.8 Å². The van der Waals surface area contributed by atoms with E-state index in [1.54, 1.807) is 0 Å². The molecule has 0 unspecified atom stereocenters. The van der Waals surface area contributed by atoms with Gasteiger partial charge in [-0.25, -0.2) is 0 Å². The molecule has 21 heavy (non-hydrogen) atoms. The van der Waals surface area contributed by atoms with Gasteiger partial charge >= 0.3 is 0 Å². The number of rotatable bonds is 3. The fraction of sp³-hybridized carbons (Fsp3) is 0.350. The topological polar surface area (TPSA) is 17.1 Å². The molecule has 0 N–H and O–H groups in total. The van der Waals surface area contributed by atoms with Gasteiger partial charge < -0.3 is 0 Å². The van der Waals surface area contributed by atoms with Crippen molar-refractivity contribution in [1.82, 2.24) is 0 Å². The van der Waals surface area contributed by atoms with Crippen molar-refractivity contribution in [3.8, 4) is 11.1 Å². The Hall–Kier alpha value is -1.89. The average Bonchev–Trinajstić information content (AvgIpc) is 2.39. The van der Waals surface area contributed by atoms with Gasteiger partial charge in [0.15, 0.2) is 0 Å². The van der Waals surface area contributed by atoms with E-state index in [9.17, 15) is 4.79 Å². The summed E-state index contributed by atoms with van der Waals surface area (Å²) >= 11 is 0. The molecule has 0 fully saturated rings. The van der Waals surface area contributed by atoms with Crippen LogP contribution in [0.4, 0.5) is 0 Å². The maximum Gasteiger partial charge on any atom is 0.150 e. The van der Waals surface area contributed by atoms with Crippen LogP contribution >= 0.6 is 0 Å². The normalized spacial score (nSPS) is 11.5. The van der Waals surface area contributed by atoms with Crippen molar-refractivity contribution in [3.63, 3.8) is 0 Å². The summed E-state index contributed by atoms with van der Waals surface area (Å²) in [6.07, 6.45) is 1.91. The van der Waals surface area contributed by atoms with Crippen molar-refractivity contribution in [2.75, 3.05) is 0 Å². The molecule has 2 aromatic carbocycles. The zero-order valence-electron chi connectivity index (χ0n) is 13.7. The summed E-state index contributed by atoms with van der Waals surface area (Å²) < 4.78 is 0. The second-order valence-electron chi connectivity index (χ2n) is 7.12. The maximum atomic E-state index is 11.2. The molecule has 0 saturated heterocycles. The Morgan fingerprint density at radius 1 is 0.905 bits per heavy atom. The minimum atomic E-state index is 0.210. The Morgan fingerprint density at radius 2 is 1.62 bits per heavy atom. The summed E-state index contributed by atoms with van der Waals surface area (Å²) in [6.45, 7) is 10.9. The molecule has 0 atom stereocenters. The van der Waals surface area contributed by atoms with E-state index < -0.39 is 0 Å². The highest BCUT2D eigenvalue weighted by molar-refractivity contribution is 5.79. The Labute approximate surface area is 128 Å². The fourth-order valence-corrected chi connectivity index (χ4v) is 2.59. The first-order valence-electron chi connectivity index (χ1n) is 7.45. The monoisotopic (exact) mass is 280 g/mol. The minimum Gasteiger partial charge on any atom is -0.298 e. The van der Waals surface area contributed by atoms with Crippen molar-refractivity contribution < 1.29 is 4.79 Å². The van der Waals surface area contributed by atoms with E-state index in [1.807, 2.05) is 12.1 Å². The number of carbonyl (C=O) groups is 1. The molecule has 0 saturated carbocycles. The van der Waals surface area contributed by atoms with E-state index in [2.05, 4.69) is 58.9 Å². The molecule has 1 nitrogen and oxygen atoms in total. The smallest absolute Gasteiger partial charge is 0.150 e. The number of benzene rings is 2. The second-order valence-corrected chi connectivity index (χ2v) is 7.12. The highest BCUT2D eigenvalue weighted by Crippen LogP contribution is 2.27. The number of hydrogen-bond donors (Lipinski definition) is 0. The van der Waals surface area contributed by atoms with E-state index in [0.29, 0.717) is 0 Å². The quantitative estimate of drug-likeness (QED) is 0.691. The first-order valence-corrected chi connectivity index (χ1v) is 7.45. The van der Waals surface area contributed by atoms with E-state index >= 15 is 0 Å². The van der Waals surface area contributed by atoms with Crippen molar-refractivity contribution in [2.24, 2.45) is 5.41 Å². The van der Waals surface area contributed by atoms with Gasteiger partial charge in [-0.1, -0.05) is 45.0 Å². The van der Waals surface area contributed by atoms with Gasteiger partial charge in [0.25, 0.3) is 0 Å². The van der Waals surface area contributed by atoms with Gasteiger partial charge in [-0.15, -0.1) is 0 Å². The molecule has 0 amide bonds. The van der Waals surface area contributed by atoms with Gasteiger partial charge in [-0.2, -0.15) is 0 Å². The van der Waals surface area contributed by atoms with Crippen LogP contribution in [-0.4, -0.2) is 6.29 Å². The van der Waals surface area contributed by atoms with Gasteiger partial charge in [-0.05, 0) is 65.6 Å². The molecule has 0 radical (unpaired) electrons. The number of hydrogen-bond acceptors (Lipinski definition) is 1. The van der Waals surface area contributed by atoms with E-state index in [4.69, 9.17) is 0 Å². The van der Waals surface area contributed by atoms with Crippen molar-refractivity contribution in [3.05, 3.63) is 58.7 Å². The third-order valence-electron chi connectivity index (χ3n) is 3.73. The Morgan fingerprint density at radius 3 is 2.19 bits per heavy atom. The zero-order chi connectivity index (χ0) is 15.6. The standard InChI is InChI=1S/C20H24O/c1-14-6-7-18(8-15(14)2)19-10-16(12-20(3,4)5)9-17(11-19)13-21/h6-11,13H,12H2,1-5H3. The van der Waals surface area contributed by atoms with Crippen LogP contribution in [0.25, 0.3) is 11.1 Å². The lowest BCUT2D eigenvalue weighted by Crippen LogP contribution is -2.09. The first kappa shape index (κ1) is 15.5. The molecule has 0 aliphatic heterocycles. The third kappa shape index (κ3) is 4.04.